The minimum Gasteiger partial charge on any atom is -0.256 e. The monoisotopic (exact) mass is 270 g/mol. The number of allylic oxidation sites excluding steroid dienone is 5. The van der Waals surface area contributed by atoms with E-state index in [4.69, 9.17) is 0 Å². The second-order valence-electron chi connectivity index (χ2n) is 4.71. The lowest BCUT2D eigenvalue weighted by Gasteiger charge is -2.11. The molecule has 0 aliphatic heterocycles. The van der Waals surface area contributed by atoms with Crippen molar-refractivity contribution in [2.24, 2.45) is 9.98 Å². The molecule has 0 aromatic heterocycles. The Morgan fingerprint density at radius 2 is 1.40 bits per heavy atom. The standard InChI is InChI=1S/C18H26N2/c1-9-14(7)17(20-15(8)10-2)18(19-13(5)6)16(11-3)12-4/h10-12H,2-4,9H2,1,5-8H3/b17-14?,20-15-. The maximum absolute atomic E-state index is 4.65. The first-order valence-corrected chi connectivity index (χ1v) is 6.80. The number of rotatable bonds is 7. The number of nitrogens with zero attached hydrogens (tertiary/aromatic N) is 2. The SMILES string of the molecule is C=CC(C=C)=C(N=C(C)C)C(/N=C(/C)C=C)=C(C)CC. The van der Waals surface area contributed by atoms with Crippen molar-refractivity contribution in [3.8, 4) is 0 Å². The highest BCUT2D eigenvalue weighted by Crippen LogP contribution is 2.25. The van der Waals surface area contributed by atoms with E-state index in [2.05, 4.69) is 43.6 Å². The molecule has 0 amide bonds. The quantitative estimate of drug-likeness (QED) is 0.435. The van der Waals surface area contributed by atoms with Crippen LogP contribution in [0.2, 0.25) is 0 Å². The summed E-state index contributed by atoms with van der Waals surface area (Å²) in [5, 5.41) is 0. The largest absolute Gasteiger partial charge is 0.256 e. The number of hydrogen-bond donors (Lipinski definition) is 0. The summed E-state index contributed by atoms with van der Waals surface area (Å²) in [4.78, 5) is 9.28. The van der Waals surface area contributed by atoms with Gasteiger partial charge in [0, 0.05) is 17.0 Å². The number of aliphatic imine (C=N–C) groups is 2. The van der Waals surface area contributed by atoms with Gasteiger partial charge >= 0.3 is 0 Å². The molecule has 0 aromatic carbocycles. The van der Waals surface area contributed by atoms with E-state index in [-0.39, 0.29) is 0 Å². The van der Waals surface area contributed by atoms with Crippen molar-refractivity contribution < 1.29 is 0 Å². The smallest absolute Gasteiger partial charge is 0.0956 e. The summed E-state index contributed by atoms with van der Waals surface area (Å²) in [5.41, 5.74) is 5.58. The second kappa shape index (κ2) is 9.03. The van der Waals surface area contributed by atoms with E-state index in [1.54, 1.807) is 18.2 Å². The molecule has 2 heteroatoms. The van der Waals surface area contributed by atoms with Crippen LogP contribution < -0.4 is 0 Å². The predicted octanol–water partition coefficient (Wildman–Crippen LogP) is 5.42. The summed E-state index contributed by atoms with van der Waals surface area (Å²) in [6.45, 7) is 21.5. The molecular weight excluding hydrogens is 244 g/mol. The highest BCUT2D eigenvalue weighted by Gasteiger charge is 2.10. The van der Waals surface area contributed by atoms with Gasteiger partial charge in [0.05, 0.1) is 11.4 Å². The summed E-state index contributed by atoms with van der Waals surface area (Å²) < 4.78 is 0. The highest BCUT2D eigenvalue weighted by atomic mass is 14.9. The van der Waals surface area contributed by atoms with E-state index in [1.807, 2.05) is 20.8 Å². The van der Waals surface area contributed by atoms with Crippen LogP contribution in [0.25, 0.3) is 0 Å². The molecule has 0 heterocycles. The molecule has 0 radical (unpaired) electrons. The van der Waals surface area contributed by atoms with Gasteiger partial charge in [-0.05, 0) is 45.8 Å². The van der Waals surface area contributed by atoms with E-state index in [1.165, 1.54) is 5.57 Å². The third-order valence-electron chi connectivity index (χ3n) is 2.79. The van der Waals surface area contributed by atoms with Crippen LogP contribution in [0, 0.1) is 0 Å². The fourth-order valence-corrected chi connectivity index (χ4v) is 1.49. The Hall–Kier alpha value is -1.96. The Labute approximate surface area is 123 Å². The van der Waals surface area contributed by atoms with Crippen LogP contribution in [0.1, 0.15) is 41.0 Å². The number of hydrogen-bond acceptors (Lipinski definition) is 2. The Kier molecular flexibility index (Phi) is 8.14. The van der Waals surface area contributed by atoms with Gasteiger partial charge in [0.1, 0.15) is 0 Å². The molecule has 0 spiro atoms. The second-order valence-corrected chi connectivity index (χ2v) is 4.71. The molecule has 0 aliphatic rings. The Balaban J connectivity index is 6.42. The lowest BCUT2D eigenvalue weighted by Crippen LogP contribution is -1.98. The van der Waals surface area contributed by atoms with Crippen LogP contribution in [0.3, 0.4) is 0 Å². The Bertz CT molecular complexity index is 498. The van der Waals surface area contributed by atoms with Gasteiger partial charge in [0.25, 0.3) is 0 Å². The first-order valence-electron chi connectivity index (χ1n) is 6.80. The van der Waals surface area contributed by atoms with Crippen molar-refractivity contribution in [1.82, 2.24) is 0 Å². The first kappa shape index (κ1) is 18.0. The summed E-state index contributed by atoms with van der Waals surface area (Å²) in [6, 6.07) is 0. The molecular formula is C18H26N2. The zero-order chi connectivity index (χ0) is 15.7. The van der Waals surface area contributed by atoms with Crippen molar-refractivity contribution in [3.63, 3.8) is 0 Å². The lowest BCUT2D eigenvalue weighted by molar-refractivity contribution is 1.03. The minimum atomic E-state index is 0.815. The molecule has 0 aliphatic carbocycles. The van der Waals surface area contributed by atoms with E-state index >= 15 is 0 Å². The normalized spacial score (nSPS) is 12.2. The third-order valence-corrected chi connectivity index (χ3v) is 2.79. The Morgan fingerprint density at radius 1 is 0.850 bits per heavy atom. The summed E-state index contributed by atoms with van der Waals surface area (Å²) in [7, 11) is 0. The van der Waals surface area contributed by atoms with Gasteiger partial charge in [-0.1, -0.05) is 38.8 Å². The van der Waals surface area contributed by atoms with Crippen LogP contribution in [0.15, 0.2) is 70.5 Å². The van der Waals surface area contributed by atoms with Crippen LogP contribution in [0.4, 0.5) is 0 Å². The summed E-state index contributed by atoms with van der Waals surface area (Å²) in [5.74, 6) is 0. The van der Waals surface area contributed by atoms with Crippen LogP contribution in [0.5, 0.6) is 0 Å². The molecule has 0 saturated heterocycles. The molecule has 2 nitrogen and oxygen atoms in total. The maximum atomic E-state index is 4.65. The van der Waals surface area contributed by atoms with Crippen molar-refractivity contribution in [3.05, 3.63) is 60.5 Å². The minimum absolute atomic E-state index is 0.815. The van der Waals surface area contributed by atoms with E-state index in [0.717, 1.165) is 34.8 Å². The van der Waals surface area contributed by atoms with E-state index < -0.39 is 0 Å². The Morgan fingerprint density at radius 3 is 1.75 bits per heavy atom. The van der Waals surface area contributed by atoms with E-state index in [9.17, 15) is 0 Å². The van der Waals surface area contributed by atoms with Gasteiger partial charge in [-0.25, -0.2) is 0 Å². The molecule has 0 N–H and O–H groups in total. The molecule has 0 unspecified atom stereocenters. The van der Waals surface area contributed by atoms with Gasteiger partial charge in [-0.3, -0.25) is 9.98 Å². The lowest BCUT2D eigenvalue weighted by atomic mass is 10.1. The van der Waals surface area contributed by atoms with Crippen LogP contribution >= 0.6 is 0 Å². The molecule has 0 saturated carbocycles. The van der Waals surface area contributed by atoms with Crippen molar-refractivity contribution in [2.75, 3.05) is 0 Å². The van der Waals surface area contributed by atoms with Crippen molar-refractivity contribution >= 4 is 11.4 Å². The van der Waals surface area contributed by atoms with Gasteiger partial charge < -0.3 is 0 Å². The van der Waals surface area contributed by atoms with Gasteiger partial charge in [-0.15, -0.1) is 0 Å². The average Bonchev–Trinajstić information content (AvgIpc) is 2.43. The van der Waals surface area contributed by atoms with Gasteiger partial charge in [0.15, 0.2) is 0 Å². The fourth-order valence-electron chi connectivity index (χ4n) is 1.49. The average molecular weight is 270 g/mol. The third kappa shape index (κ3) is 5.35. The molecule has 20 heavy (non-hydrogen) atoms. The molecule has 0 bridgehead atoms. The maximum Gasteiger partial charge on any atom is 0.0956 e. The molecule has 0 rings (SSSR count). The van der Waals surface area contributed by atoms with Crippen molar-refractivity contribution in [2.45, 2.75) is 41.0 Å². The summed E-state index contributed by atoms with van der Waals surface area (Å²) in [6.07, 6.45) is 6.17. The van der Waals surface area contributed by atoms with Crippen LogP contribution in [-0.4, -0.2) is 11.4 Å². The van der Waals surface area contributed by atoms with Crippen LogP contribution in [-0.2, 0) is 0 Å². The molecule has 0 aromatic rings. The predicted molar refractivity (Wildman–Crippen MR) is 92.5 cm³/mol. The zero-order valence-electron chi connectivity index (χ0n) is 13.5. The zero-order valence-corrected chi connectivity index (χ0v) is 13.5. The van der Waals surface area contributed by atoms with Gasteiger partial charge in [0.2, 0.25) is 0 Å². The molecule has 108 valence electrons. The van der Waals surface area contributed by atoms with Gasteiger partial charge in [-0.2, -0.15) is 0 Å². The highest BCUT2D eigenvalue weighted by molar-refractivity contribution is 5.93. The van der Waals surface area contributed by atoms with Crippen molar-refractivity contribution in [1.29, 1.82) is 0 Å². The van der Waals surface area contributed by atoms with E-state index in [0.29, 0.717) is 0 Å². The summed E-state index contributed by atoms with van der Waals surface area (Å²) >= 11 is 0. The molecule has 0 fully saturated rings. The molecule has 0 atom stereocenters. The fraction of sp³-hybridized carbons (Fsp3) is 0.333. The first-order chi connectivity index (χ1) is 9.40. The topological polar surface area (TPSA) is 24.7 Å².